The minimum Gasteiger partial charge on any atom is -0.462 e. The maximum absolute atomic E-state index is 12.2. The molecular formula is C16H24N2O2. The molecule has 2 rings (SSSR count). The van der Waals surface area contributed by atoms with Gasteiger partial charge in [-0.1, -0.05) is 6.92 Å². The van der Waals surface area contributed by atoms with E-state index in [2.05, 4.69) is 17.1 Å². The fraction of sp³-hybridized carbons (Fsp3) is 0.562. The average Bonchev–Trinajstić information content (AvgIpc) is 2.48. The van der Waals surface area contributed by atoms with Gasteiger partial charge in [-0.05, 0) is 43.9 Å². The second-order valence-corrected chi connectivity index (χ2v) is 5.37. The van der Waals surface area contributed by atoms with E-state index in [0.717, 1.165) is 30.4 Å². The molecule has 0 spiro atoms. The Morgan fingerprint density at radius 2 is 2.10 bits per heavy atom. The quantitative estimate of drug-likeness (QED) is 0.858. The molecule has 4 heteroatoms. The summed E-state index contributed by atoms with van der Waals surface area (Å²) in [6.07, 6.45) is 2.35. The highest BCUT2D eigenvalue weighted by atomic mass is 16.5. The number of benzene rings is 1. The highest BCUT2D eigenvalue weighted by Gasteiger charge is 2.21. The van der Waals surface area contributed by atoms with Gasteiger partial charge in [0.2, 0.25) is 0 Å². The summed E-state index contributed by atoms with van der Waals surface area (Å²) in [5.41, 5.74) is 2.59. The van der Waals surface area contributed by atoms with Gasteiger partial charge in [0.05, 0.1) is 17.9 Å². The first kappa shape index (κ1) is 14.7. The van der Waals surface area contributed by atoms with Crippen molar-refractivity contribution in [2.45, 2.75) is 26.7 Å². The van der Waals surface area contributed by atoms with Crippen molar-refractivity contribution >= 4 is 17.3 Å². The molecule has 1 heterocycles. The highest BCUT2D eigenvalue weighted by molar-refractivity contribution is 5.97. The standard InChI is InChI=1S/C16H24N2O2/c1-4-20-16(19)14-11-13(17-3)5-6-15(14)18-9-7-12(2)8-10-18/h5-6,11-12,17H,4,7-10H2,1-3H3. The largest absolute Gasteiger partial charge is 0.462 e. The van der Waals surface area contributed by atoms with E-state index < -0.39 is 0 Å². The first-order chi connectivity index (χ1) is 9.65. The van der Waals surface area contributed by atoms with Crippen LogP contribution in [0.5, 0.6) is 0 Å². The lowest BCUT2D eigenvalue weighted by atomic mass is 9.98. The summed E-state index contributed by atoms with van der Waals surface area (Å²) in [5, 5.41) is 3.08. The Balaban J connectivity index is 2.28. The van der Waals surface area contributed by atoms with E-state index in [1.54, 1.807) is 0 Å². The lowest BCUT2D eigenvalue weighted by Crippen LogP contribution is -2.34. The molecule has 0 amide bonds. The Kier molecular flexibility index (Phi) is 4.88. The molecule has 4 nitrogen and oxygen atoms in total. The van der Waals surface area contributed by atoms with E-state index in [0.29, 0.717) is 12.2 Å². The molecule has 0 atom stereocenters. The van der Waals surface area contributed by atoms with Gasteiger partial charge in [0.15, 0.2) is 0 Å². The van der Waals surface area contributed by atoms with E-state index in [4.69, 9.17) is 4.74 Å². The number of nitrogens with zero attached hydrogens (tertiary/aromatic N) is 1. The van der Waals surface area contributed by atoms with Crippen molar-refractivity contribution in [2.75, 3.05) is 37.0 Å². The van der Waals surface area contributed by atoms with Gasteiger partial charge < -0.3 is 15.0 Å². The van der Waals surface area contributed by atoms with Crippen molar-refractivity contribution < 1.29 is 9.53 Å². The molecule has 110 valence electrons. The summed E-state index contributed by atoms with van der Waals surface area (Å²) >= 11 is 0. The van der Waals surface area contributed by atoms with Gasteiger partial charge in [-0.25, -0.2) is 4.79 Å². The number of ether oxygens (including phenoxy) is 1. The summed E-state index contributed by atoms with van der Waals surface area (Å²) in [5.74, 6) is 0.534. The summed E-state index contributed by atoms with van der Waals surface area (Å²) < 4.78 is 5.19. The fourth-order valence-electron chi connectivity index (χ4n) is 2.59. The van der Waals surface area contributed by atoms with Crippen LogP contribution < -0.4 is 10.2 Å². The van der Waals surface area contributed by atoms with Crippen LogP contribution in [-0.4, -0.2) is 32.7 Å². The summed E-state index contributed by atoms with van der Waals surface area (Å²) in [6, 6.07) is 5.91. The van der Waals surface area contributed by atoms with Crippen LogP contribution in [0.25, 0.3) is 0 Å². The van der Waals surface area contributed by atoms with Crippen LogP contribution in [0, 0.1) is 5.92 Å². The minimum absolute atomic E-state index is 0.238. The Bertz CT molecular complexity index is 466. The summed E-state index contributed by atoms with van der Waals surface area (Å²) in [4.78, 5) is 14.5. The van der Waals surface area contributed by atoms with Crippen LogP contribution in [0.1, 0.15) is 37.0 Å². The molecule has 0 aliphatic carbocycles. The Morgan fingerprint density at radius 1 is 1.40 bits per heavy atom. The second kappa shape index (κ2) is 6.64. The van der Waals surface area contributed by atoms with Crippen molar-refractivity contribution in [3.8, 4) is 0 Å². The van der Waals surface area contributed by atoms with E-state index in [1.165, 1.54) is 12.8 Å². The van der Waals surface area contributed by atoms with Crippen LogP contribution in [0.2, 0.25) is 0 Å². The molecule has 1 saturated heterocycles. The third-order valence-corrected chi connectivity index (χ3v) is 3.90. The number of piperidine rings is 1. The van der Waals surface area contributed by atoms with Gasteiger partial charge in [-0.15, -0.1) is 0 Å². The van der Waals surface area contributed by atoms with Crippen molar-refractivity contribution in [3.05, 3.63) is 23.8 Å². The van der Waals surface area contributed by atoms with Crippen molar-refractivity contribution in [1.29, 1.82) is 0 Å². The van der Waals surface area contributed by atoms with Crippen LogP contribution in [0.3, 0.4) is 0 Å². The Labute approximate surface area is 121 Å². The van der Waals surface area contributed by atoms with Gasteiger partial charge in [-0.2, -0.15) is 0 Å². The molecule has 1 aliphatic heterocycles. The monoisotopic (exact) mass is 276 g/mol. The second-order valence-electron chi connectivity index (χ2n) is 5.37. The van der Waals surface area contributed by atoms with Gasteiger partial charge in [-0.3, -0.25) is 0 Å². The van der Waals surface area contributed by atoms with E-state index in [-0.39, 0.29) is 5.97 Å². The van der Waals surface area contributed by atoms with Gasteiger partial charge in [0.25, 0.3) is 0 Å². The summed E-state index contributed by atoms with van der Waals surface area (Å²) in [6.45, 7) is 6.54. The molecular weight excluding hydrogens is 252 g/mol. The number of carbonyl (C=O) groups excluding carboxylic acids is 1. The average molecular weight is 276 g/mol. The van der Waals surface area contributed by atoms with E-state index >= 15 is 0 Å². The summed E-state index contributed by atoms with van der Waals surface area (Å²) in [7, 11) is 1.85. The van der Waals surface area contributed by atoms with E-state index in [1.807, 2.05) is 32.2 Å². The Morgan fingerprint density at radius 3 is 2.70 bits per heavy atom. The molecule has 1 aliphatic rings. The van der Waals surface area contributed by atoms with Crippen molar-refractivity contribution in [2.24, 2.45) is 5.92 Å². The smallest absolute Gasteiger partial charge is 0.340 e. The fourth-order valence-corrected chi connectivity index (χ4v) is 2.59. The molecule has 0 saturated carbocycles. The number of carbonyl (C=O) groups is 1. The predicted octanol–water partition coefficient (Wildman–Crippen LogP) is 3.14. The third kappa shape index (κ3) is 3.24. The first-order valence-corrected chi connectivity index (χ1v) is 7.39. The third-order valence-electron chi connectivity index (χ3n) is 3.90. The molecule has 1 fully saturated rings. The number of esters is 1. The van der Waals surface area contributed by atoms with Gasteiger partial charge >= 0.3 is 5.97 Å². The number of hydrogen-bond donors (Lipinski definition) is 1. The normalized spacial score (nSPS) is 16.1. The molecule has 20 heavy (non-hydrogen) atoms. The first-order valence-electron chi connectivity index (χ1n) is 7.39. The maximum atomic E-state index is 12.2. The van der Waals surface area contributed by atoms with Crippen LogP contribution >= 0.6 is 0 Å². The molecule has 0 unspecified atom stereocenters. The molecule has 1 N–H and O–H groups in total. The zero-order valence-electron chi connectivity index (χ0n) is 12.6. The van der Waals surface area contributed by atoms with E-state index in [9.17, 15) is 4.79 Å². The van der Waals surface area contributed by atoms with Gasteiger partial charge in [0, 0.05) is 25.8 Å². The zero-order chi connectivity index (χ0) is 14.5. The number of nitrogens with one attached hydrogen (secondary N) is 1. The van der Waals surface area contributed by atoms with Crippen LogP contribution in [0.15, 0.2) is 18.2 Å². The SMILES string of the molecule is CCOC(=O)c1cc(NC)ccc1N1CCC(C)CC1. The highest BCUT2D eigenvalue weighted by Crippen LogP contribution is 2.29. The molecule has 0 bridgehead atoms. The number of anilines is 2. The molecule has 0 radical (unpaired) electrons. The predicted molar refractivity (Wildman–Crippen MR) is 82.6 cm³/mol. The Hall–Kier alpha value is -1.71. The lowest BCUT2D eigenvalue weighted by Gasteiger charge is -2.33. The van der Waals surface area contributed by atoms with Crippen molar-refractivity contribution in [3.63, 3.8) is 0 Å². The van der Waals surface area contributed by atoms with Crippen molar-refractivity contribution in [1.82, 2.24) is 0 Å². The molecule has 1 aromatic rings. The minimum atomic E-state index is -0.238. The van der Waals surface area contributed by atoms with Crippen LogP contribution in [-0.2, 0) is 4.74 Å². The van der Waals surface area contributed by atoms with Gasteiger partial charge in [0.1, 0.15) is 0 Å². The number of rotatable bonds is 4. The van der Waals surface area contributed by atoms with Crippen LogP contribution in [0.4, 0.5) is 11.4 Å². The lowest BCUT2D eigenvalue weighted by molar-refractivity contribution is 0.0527. The number of hydrogen-bond acceptors (Lipinski definition) is 4. The zero-order valence-corrected chi connectivity index (χ0v) is 12.6. The molecule has 0 aromatic heterocycles. The topological polar surface area (TPSA) is 41.6 Å². The maximum Gasteiger partial charge on any atom is 0.340 e. The molecule has 1 aromatic carbocycles.